The zero-order valence-corrected chi connectivity index (χ0v) is 11.8. The topological polar surface area (TPSA) is 46.2 Å². The molecule has 0 radical (unpaired) electrons. The molecule has 0 aromatic carbocycles. The van der Waals surface area contributed by atoms with E-state index in [1.165, 1.54) is 0 Å². The zero-order chi connectivity index (χ0) is 13.3. The van der Waals surface area contributed by atoms with Crippen LogP contribution in [0.5, 0.6) is 0 Å². The first-order chi connectivity index (χ1) is 8.64. The van der Waals surface area contributed by atoms with Crippen molar-refractivity contribution < 1.29 is 23.7 Å². The molecule has 18 heavy (non-hydrogen) atoms. The van der Waals surface area contributed by atoms with Crippen molar-refractivity contribution in [3.8, 4) is 0 Å². The molecule has 1 atom stereocenters. The molecule has 108 valence electrons. The molecule has 0 spiro atoms. The summed E-state index contributed by atoms with van der Waals surface area (Å²) in [6, 6.07) is 0. The lowest BCUT2D eigenvalue weighted by Gasteiger charge is -2.17. The second-order valence-electron chi connectivity index (χ2n) is 4.75. The lowest BCUT2D eigenvalue weighted by atomic mass is 10.4. The summed E-state index contributed by atoms with van der Waals surface area (Å²) < 4.78 is 27.2. The quantitative estimate of drug-likeness (QED) is 0.560. The summed E-state index contributed by atoms with van der Waals surface area (Å²) in [6.07, 6.45) is 1.08. The highest BCUT2D eigenvalue weighted by molar-refractivity contribution is 4.70. The van der Waals surface area contributed by atoms with E-state index < -0.39 is 5.79 Å². The zero-order valence-electron chi connectivity index (χ0n) is 11.8. The summed E-state index contributed by atoms with van der Waals surface area (Å²) in [6.45, 7) is 10.3. The average Bonchev–Trinajstić information content (AvgIpc) is 2.67. The van der Waals surface area contributed by atoms with E-state index in [2.05, 4.69) is 6.92 Å². The van der Waals surface area contributed by atoms with Crippen LogP contribution in [0.3, 0.4) is 0 Å². The molecule has 0 aliphatic carbocycles. The monoisotopic (exact) mass is 262 g/mol. The van der Waals surface area contributed by atoms with Gasteiger partial charge in [0.25, 0.3) is 0 Å². The van der Waals surface area contributed by atoms with Gasteiger partial charge >= 0.3 is 0 Å². The highest BCUT2D eigenvalue weighted by Crippen LogP contribution is 2.22. The molecule has 0 unspecified atom stereocenters. The molecule has 1 heterocycles. The Kier molecular flexibility index (Phi) is 7.77. The van der Waals surface area contributed by atoms with Crippen LogP contribution in [0.2, 0.25) is 0 Å². The number of hydrogen-bond donors (Lipinski definition) is 0. The van der Waals surface area contributed by atoms with E-state index >= 15 is 0 Å². The molecule has 1 fully saturated rings. The third kappa shape index (κ3) is 7.28. The molecule has 1 aliphatic heterocycles. The van der Waals surface area contributed by atoms with E-state index in [4.69, 9.17) is 23.7 Å². The van der Waals surface area contributed by atoms with Gasteiger partial charge in [0.05, 0.1) is 39.6 Å². The van der Waals surface area contributed by atoms with Gasteiger partial charge in [-0.25, -0.2) is 0 Å². The minimum atomic E-state index is -0.471. The fraction of sp³-hybridized carbons (Fsp3) is 1.00. The van der Waals surface area contributed by atoms with Crippen molar-refractivity contribution in [1.29, 1.82) is 0 Å². The largest absolute Gasteiger partial charge is 0.379 e. The van der Waals surface area contributed by atoms with E-state index in [0.717, 1.165) is 13.0 Å². The van der Waals surface area contributed by atoms with Gasteiger partial charge in [-0.1, -0.05) is 6.92 Å². The van der Waals surface area contributed by atoms with Gasteiger partial charge in [0.2, 0.25) is 0 Å². The fourth-order valence-corrected chi connectivity index (χ4v) is 1.64. The number of rotatable bonds is 10. The van der Waals surface area contributed by atoms with Crippen LogP contribution in [0.15, 0.2) is 0 Å². The van der Waals surface area contributed by atoms with E-state index in [1.54, 1.807) is 0 Å². The van der Waals surface area contributed by atoms with E-state index in [1.807, 2.05) is 13.8 Å². The van der Waals surface area contributed by atoms with E-state index in [0.29, 0.717) is 39.6 Å². The van der Waals surface area contributed by atoms with Crippen molar-refractivity contribution >= 4 is 0 Å². The smallest absolute Gasteiger partial charge is 0.163 e. The molecule has 1 saturated heterocycles. The van der Waals surface area contributed by atoms with Crippen LogP contribution in [0, 0.1) is 0 Å². The summed E-state index contributed by atoms with van der Waals surface area (Å²) in [5.74, 6) is -0.471. The molecule has 5 nitrogen and oxygen atoms in total. The minimum Gasteiger partial charge on any atom is -0.379 e. The van der Waals surface area contributed by atoms with Crippen LogP contribution in [0.4, 0.5) is 0 Å². The van der Waals surface area contributed by atoms with Gasteiger partial charge in [-0.3, -0.25) is 0 Å². The van der Waals surface area contributed by atoms with Crippen molar-refractivity contribution in [1.82, 2.24) is 0 Å². The first-order valence-corrected chi connectivity index (χ1v) is 6.69. The van der Waals surface area contributed by atoms with Gasteiger partial charge < -0.3 is 23.7 Å². The van der Waals surface area contributed by atoms with Crippen molar-refractivity contribution in [2.45, 2.75) is 39.1 Å². The Morgan fingerprint density at radius 3 is 2.17 bits per heavy atom. The normalized spacial score (nSPS) is 22.5. The van der Waals surface area contributed by atoms with Crippen molar-refractivity contribution in [3.63, 3.8) is 0 Å². The van der Waals surface area contributed by atoms with Crippen molar-refractivity contribution in [3.05, 3.63) is 0 Å². The maximum atomic E-state index is 5.61. The Balaban J connectivity index is 1.82. The molecule has 1 rings (SSSR count). The second kappa shape index (κ2) is 8.82. The van der Waals surface area contributed by atoms with Crippen LogP contribution < -0.4 is 0 Å². The summed E-state index contributed by atoms with van der Waals surface area (Å²) in [7, 11) is 0. The average molecular weight is 262 g/mol. The SMILES string of the molecule is CCCOCCOCCOC[C@@H]1COC(C)(C)O1. The van der Waals surface area contributed by atoms with Gasteiger partial charge in [0, 0.05) is 6.61 Å². The van der Waals surface area contributed by atoms with Gasteiger partial charge in [0.15, 0.2) is 5.79 Å². The Morgan fingerprint density at radius 2 is 1.61 bits per heavy atom. The van der Waals surface area contributed by atoms with E-state index in [-0.39, 0.29) is 6.10 Å². The molecule has 0 saturated carbocycles. The first kappa shape index (κ1) is 15.9. The van der Waals surface area contributed by atoms with Gasteiger partial charge in [-0.2, -0.15) is 0 Å². The van der Waals surface area contributed by atoms with Gasteiger partial charge in [0.1, 0.15) is 6.10 Å². The summed E-state index contributed by atoms with van der Waals surface area (Å²) in [5.41, 5.74) is 0. The molecular weight excluding hydrogens is 236 g/mol. The molecule has 0 aromatic heterocycles. The molecular formula is C13H26O5. The third-order valence-corrected chi connectivity index (χ3v) is 2.46. The Morgan fingerprint density at radius 1 is 1.00 bits per heavy atom. The lowest BCUT2D eigenvalue weighted by Crippen LogP contribution is -2.24. The molecule has 0 aromatic rings. The molecule has 0 bridgehead atoms. The van der Waals surface area contributed by atoms with Crippen LogP contribution in [-0.4, -0.2) is 58.1 Å². The van der Waals surface area contributed by atoms with Crippen molar-refractivity contribution in [2.75, 3.05) is 46.2 Å². The van der Waals surface area contributed by atoms with Crippen LogP contribution in [0.1, 0.15) is 27.2 Å². The second-order valence-corrected chi connectivity index (χ2v) is 4.75. The van der Waals surface area contributed by atoms with Crippen LogP contribution in [-0.2, 0) is 23.7 Å². The number of hydrogen-bond acceptors (Lipinski definition) is 5. The highest BCUT2D eigenvalue weighted by Gasteiger charge is 2.32. The lowest BCUT2D eigenvalue weighted by molar-refractivity contribution is -0.145. The Bertz CT molecular complexity index is 208. The molecule has 1 aliphatic rings. The minimum absolute atomic E-state index is 0.0351. The highest BCUT2D eigenvalue weighted by atomic mass is 16.7. The Hall–Kier alpha value is -0.200. The fourth-order valence-electron chi connectivity index (χ4n) is 1.64. The maximum Gasteiger partial charge on any atom is 0.163 e. The van der Waals surface area contributed by atoms with Crippen LogP contribution in [0.25, 0.3) is 0 Å². The molecule has 0 amide bonds. The summed E-state index contributed by atoms with van der Waals surface area (Å²) in [5, 5.41) is 0. The maximum absolute atomic E-state index is 5.61. The molecule has 0 N–H and O–H groups in total. The van der Waals surface area contributed by atoms with Crippen LogP contribution >= 0.6 is 0 Å². The van der Waals surface area contributed by atoms with Gasteiger partial charge in [-0.05, 0) is 20.3 Å². The number of ether oxygens (including phenoxy) is 5. The molecule has 5 heteroatoms. The summed E-state index contributed by atoms with van der Waals surface area (Å²) >= 11 is 0. The van der Waals surface area contributed by atoms with Crippen molar-refractivity contribution in [2.24, 2.45) is 0 Å². The summed E-state index contributed by atoms with van der Waals surface area (Å²) in [4.78, 5) is 0. The van der Waals surface area contributed by atoms with E-state index in [9.17, 15) is 0 Å². The Labute approximate surface area is 110 Å². The predicted molar refractivity (Wildman–Crippen MR) is 67.7 cm³/mol. The first-order valence-electron chi connectivity index (χ1n) is 6.69. The predicted octanol–water partition coefficient (Wildman–Crippen LogP) is 1.60. The van der Waals surface area contributed by atoms with Gasteiger partial charge in [-0.15, -0.1) is 0 Å². The third-order valence-electron chi connectivity index (χ3n) is 2.46. The standard InChI is InChI=1S/C13H26O5/c1-4-5-14-6-7-15-8-9-16-10-12-11-17-13(2,3)18-12/h12H,4-11H2,1-3H3/t12-/m1/s1.